The number of hydrogen-bond acceptors (Lipinski definition) is 3. The molecule has 0 bridgehead atoms. The molecule has 76 valence electrons. The highest BCUT2D eigenvalue weighted by molar-refractivity contribution is 5.74. The van der Waals surface area contributed by atoms with Crippen LogP contribution < -0.4 is 11.1 Å². The molecule has 0 heterocycles. The van der Waals surface area contributed by atoms with Gasteiger partial charge in [-0.1, -0.05) is 0 Å². The number of carbonyl (C=O) groups is 1. The molecule has 4 N–H and O–H groups in total. The lowest BCUT2D eigenvalue weighted by molar-refractivity contribution is -0.141. The van der Waals surface area contributed by atoms with E-state index in [4.69, 9.17) is 15.9 Å². The zero-order valence-electron chi connectivity index (χ0n) is 7.93. The molecular weight excluding hydrogens is 170 g/mol. The van der Waals surface area contributed by atoms with E-state index in [2.05, 4.69) is 5.32 Å². The number of esters is 1. The number of guanidine groups is 1. The summed E-state index contributed by atoms with van der Waals surface area (Å²) in [5.41, 5.74) is 5.08. The first-order valence-corrected chi connectivity index (χ1v) is 4.34. The number of unbranched alkanes of at least 4 members (excludes halogenated alkanes) is 2. The first-order chi connectivity index (χ1) is 6.13. The van der Waals surface area contributed by atoms with Crippen molar-refractivity contribution in [3.63, 3.8) is 0 Å². The molecule has 5 nitrogen and oxygen atoms in total. The number of hydrogen-bond donors (Lipinski definition) is 3. The quantitative estimate of drug-likeness (QED) is 0.240. The summed E-state index contributed by atoms with van der Waals surface area (Å²) in [6, 6.07) is 0. The van der Waals surface area contributed by atoms with Crippen molar-refractivity contribution in [2.75, 3.05) is 13.2 Å². The zero-order valence-corrected chi connectivity index (χ0v) is 7.93. The Morgan fingerprint density at radius 3 is 2.69 bits per heavy atom. The molecule has 0 unspecified atom stereocenters. The van der Waals surface area contributed by atoms with E-state index in [9.17, 15) is 4.79 Å². The van der Waals surface area contributed by atoms with Crippen LogP contribution in [-0.2, 0) is 9.53 Å². The topological polar surface area (TPSA) is 88.2 Å². The van der Waals surface area contributed by atoms with Crippen molar-refractivity contribution in [3.05, 3.63) is 0 Å². The standard InChI is InChI=1S/C8H17N3O2/c1-7(12)13-6-4-2-3-5-11-8(9)10/h2-6H2,1H3,(H4,9,10,11). The second kappa shape index (κ2) is 7.39. The van der Waals surface area contributed by atoms with Crippen LogP contribution in [0.15, 0.2) is 0 Å². The monoisotopic (exact) mass is 187 g/mol. The summed E-state index contributed by atoms with van der Waals surface area (Å²) in [6.07, 6.45) is 2.76. The van der Waals surface area contributed by atoms with E-state index in [0.717, 1.165) is 19.3 Å². The number of rotatable bonds is 6. The van der Waals surface area contributed by atoms with Crippen LogP contribution in [0.5, 0.6) is 0 Å². The molecule has 0 saturated heterocycles. The molecule has 0 aliphatic carbocycles. The van der Waals surface area contributed by atoms with Gasteiger partial charge in [0, 0.05) is 13.5 Å². The third-order valence-corrected chi connectivity index (χ3v) is 1.44. The molecule has 13 heavy (non-hydrogen) atoms. The fourth-order valence-corrected chi connectivity index (χ4v) is 0.843. The van der Waals surface area contributed by atoms with Gasteiger partial charge in [0.15, 0.2) is 5.96 Å². The molecule has 0 rings (SSSR count). The van der Waals surface area contributed by atoms with E-state index in [1.807, 2.05) is 0 Å². The lowest BCUT2D eigenvalue weighted by Crippen LogP contribution is -2.30. The van der Waals surface area contributed by atoms with E-state index < -0.39 is 0 Å². The highest BCUT2D eigenvalue weighted by Crippen LogP contribution is 1.94. The third-order valence-electron chi connectivity index (χ3n) is 1.44. The third kappa shape index (κ3) is 10.7. The first kappa shape index (κ1) is 11.7. The molecule has 5 heteroatoms. The van der Waals surface area contributed by atoms with Crippen LogP contribution in [0.3, 0.4) is 0 Å². The van der Waals surface area contributed by atoms with Crippen LogP contribution >= 0.6 is 0 Å². The average Bonchev–Trinajstić information content (AvgIpc) is 2.01. The van der Waals surface area contributed by atoms with Crippen molar-refractivity contribution in [1.29, 1.82) is 5.41 Å². The smallest absolute Gasteiger partial charge is 0.302 e. The Bertz CT molecular complexity index is 153. The van der Waals surface area contributed by atoms with Gasteiger partial charge in [0.1, 0.15) is 0 Å². The van der Waals surface area contributed by atoms with Crippen LogP contribution in [0.2, 0.25) is 0 Å². The lowest BCUT2D eigenvalue weighted by Gasteiger charge is -2.03. The van der Waals surface area contributed by atoms with Gasteiger partial charge in [-0.15, -0.1) is 0 Å². The minimum atomic E-state index is -0.234. The summed E-state index contributed by atoms with van der Waals surface area (Å²) in [7, 11) is 0. The molecule has 0 spiro atoms. The molecular formula is C8H17N3O2. The number of ether oxygens (including phenoxy) is 1. The summed E-state index contributed by atoms with van der Waals surface area (Å²) >= 11 is 0. The van der Waals surface area contributed by atoms with E-state index in [1.165, 1.54) is 6.92 Å². The molecule has 0 aliphatic rings. The Morgan fingerprint density at radius 1 is 1.46 bits per heavy atom. The second-order valence-corrected chi connectivity index (χ2v) is 2.74. The largest absolute Gasteiger partial charge is 0.466 e. The second-order valence-electron chi connectivity index (χ2n) is 2.74. The van der Waals surface area contributed by atoms with Crippen LogP contribution in [0.1, 0.15) is 26.2 Å². The molecule has 0 saturated carbocycles. The maximum Gasteiger partial charge on any atom is 0.302 e. The normalized spacial score (nSPS) is 9.31. The fourth-order valence-electron chi connectivity index (χ4n) is 0.843. The highest BCUT2D eigenvalue weighted by atomic mass is 16.5. The number of nitrogens with two attached hydrogens (primary N) is 1. The molecule has 0 atom stereocenters. The van der Waals surface area contributed by atoms with E-state index in [1.54, 1.807) is 0 Å². The van der Waals surface area contributed by atoms with E-state index >= 15 is 0 Å². The average molecular weight is 187 g/mol. The van der Waals surface area contributed by atoms with Gasteiger partial charge < -0.3 is 15.8 Å². The van der Waals surface area contributed by atoms with Crippen LogP contribution in [0, 0.1) is 5.41 Å². The van der Waals surface area contributed by atoms with E-state index in [-0.39, 0.29) is 11.9 Å². The van der Waals surface area contributed by atoms with Gasteiger partial charge >= 0.3 is 5.97 Å². The summed E-state index contributed by atoms with van der Waals surface area (Å²) in [5.74, 6) is -0.234. The Balaban J connectivity index is 3.00. The fraction of sp³-hybridized carbons (Fsp3) is 0.750. The predicted molar refractivity (Wildman–Crippen MR) is 50.4 cm³/mol. The summed E-state index contributed by atoms with van der Waals surface area (Å²) < 4.78 is 4.74. The van der Waals surface area contributed by atoms with Gasteiger partial charge in [0.2, 0.25) is 0 Å². The molecule has 0 fully saturated rings. The lowest BCUT2D eigenvalue weighted by atomic mass is 10.2. The van der Waals surface area contributed by atoms with Gasteiger partial charge in [0.25, 0.3) is 0 Å². The Morgan fingerprint density at radius 2 is 2.15 bits per heavy atom. The summed E-state index contributed by atoms with van der Waals surface area (Å²) in [4.78, 5) is 10.3. The maximum absolute atomic E-state index is 10.3. The summed E-state index contributed by atoms with van der Waals surface area (Å²) in [6.45, 7) is 2.59. The Kier molecular flexibility index (Phi) is 6.68. The summed E-state index contributed by atoms with van der Waals surface area (Å²) in [5, 5.41) is 9.56. The molecule has 0 aromatic rings. The molecule has 0 aliphatic heterocycles. The number of carbonyl (C=O) groups excluding carboxylic acids is 1. The SMILES string of the molecule is CC(=O)OCCCCCNC(=N)N. The Labute approximate surface area is 78.1 Å². The molecule has 0 aromatic carbocycles. The van der Waals surface area contributed by atoms with Crippen molar-refractivity contribution in [2.24, 2.45) is 5.73 Å². The Hall–Kier alpha value is -1.26. The van der Waals surface area contributed by atoms with Crippen molar-refractivity contribution in [2.45, 2.75) is 26.2 Å². The molecule has 0 amide bonds. The zero-order chi connectivity index (χ0) is 10.1. The minimum absolute atomic E-state index is 0.0000130. The molecule has 0 aromatic heterocycles. The van der Waals surface area contributed by atoms with Crippen molar-refractivity contribution < 1.29 is 9.53 Å². The van der Waals surface area contributed by atoms with Gasteiger partial charge in [-0.3, -0.25) is 10.2 Å². The van der Waals surface area contributed by atoms with Crippen molar-refractivity contribution >= 4 is 11.9 Å². The predicted octanol–water partition coefficient (Wildman–Crippen LogP) is 0.203. The molecule has 0 radical (unpaired) electrons. The number of nitrogens with one attached hydrogen (secondary N) is 2. The minimum Gasteiger partial charge on any atom is -0.466 e. The van der Waals surface area contributed by atoms with Gasteiger partial charge in [0.05, 0.1) is 6.61 Å². The van der Waals surface area contributed by atoms with Gasteiger partial charge in [-0.2, -0.15) is 0 Å². The van der Waals surface area contributed by atoms with Crippen molar-refractivity contribution in [3.8, 4) is 0 Å². The van der Waals surface area contributed by atoms with E-state index in [0.29, 0.717) is 13.2 Å². The van der Waals surface area contributed by atoms with Gasteiger partial charge in [-0.05, 0) is 19.3 Å². The van der Waals surface area contributed by atoms with Crippen LogP contribution in [0.25, 0.3) is 0 Å². The maximum atomic E-state index is 10.3. The van der Waals surface area contributed by atoms with Crippen molar-refractivity contribution in [1.82, 2.24) is 5.32 Å². The first-order valence-electron chi connectivity index (χ1n) is 4.34. The van der Waals surface area contributed by atoms with Crippen LogP contribution in [-0.4, -0.2) is 25.1 Å². The highest BCUT2D eigenvalue weighted by Gasteiger charge is 1.93. The van der Waals surface area contributed by atoms with Gasteiger partial charge in [-0.25, -0.2) is 0 Å². The van der Waals surface area contributed by atoms with Crippen LogP contribution in [0.4, 0.5) is 0 Å².